The largest absolute Gasteiger partial charge is 0.495 e. The van der Waals surface area contributed by atoms with Gasteiger partial charge in [-0.15, -0.1) is 0 Å². The van der Waals surface area contributed by atoms with Crippen LogP contribution in [-0.4, -0.2) is 70.1 Å². The number of nitro benzene ring substituents is 1. The van der Waals surface area contributed by atoms with Gasteiger partial charge in [-0.2, -0.15) is 0 Å². The summed E-state index contributed by atoms with van der Waals surface area (Å²) in [6, 6.07) is 2.42. The first-order valence-corrected chi connectivity index (χ1v) is 9.64. The molecule has 13 nitrogen and oxygen atoms in total. The summed E-state index contributed by atoms with van der Waals surface area (Å²) in [4.78, 5) is 64.2. The van der Waals surface area contributed by atoms with Crippen molar-refractivity contribution < 1.29 is 28.8 Å². The molecule has 0 unspecified atom stereocenters. The predicted octanol–water partition coefficient (Wildman–Crippen LogP) is 0.986. The summed E-state index contributed by atoms with van der Waals surface area (Å²) in [5, 5.41) is 16.4. The lowest BCUT2D eigenvalue weighted by Gasteiger charge is -2.32. The number of imide groups is 2. The van der Waals surface area contributed by atoms with Crippen molar-refractivity contribution >= 4 is 35.3 Å². The molecule has 6 amide bonds. The van der Waals surface area contributed by atoms with Crippen LogP contribution in [0.25, 0.3) is 0 Å². The molecular formula is C19H24N6O7. The summed E-state index contributed by atoms with van der Waals surface area (Å²) in [6.07, 6.45) is 0. The van der Waals surface area contributed by atoms with Crippen LogP contribution in [0.1, 0.15) is 27.7 Å². The van der Waals surface area contributed by atoms with Crippen LogP contribution in [-0.2, 0) is 9.59 Å². The molecule has 3 rings (SSSR count). The van der Waals surface area contributed by atoms with Gasteiger partial charge in [-0.05, 0) is 33.8 Å². The number of carbonyl (C=O) groups excluding carboxylic acids is 4. The maximum Gasteiger partial charge on any atom is 0.326 e. The topological polar surface area (TPSA) is 154 Å². The molecule has 2 aliphatic heterocycles. The van der Waals surface area contributed by atoms with Crippen molar-refractivity contribution in [1.82, 2.24) is 20.4 Å². The Kier molecular flexibility index (Phi) is 5.45. The highest BCUT2D eigenvalue weighted by Crippen LogP contribution is 2.34. The van der Waals surface area contributed by atoms with Gasteiger partial charge in [-0.1, -0.05) is 0 Å². The molecule has 0 aromatic heterocycles. The number of ether oxygens (including phenoxy) is 1. The van der Waals surface area contributed by atoms with E-state index in [0.717, 1.165) is 9.80 Å². The zero-order valence-electron chi connectivity index (χ0n) is 18.3. The molecule has 0 atom stereocenters. The molecule has 2 heterocycles. The normalized spacial score (nSPS) is 19.2. The number of nitro groups is 1. The van der Waals surface area contributed by atoms with Gasteiger partial charge in [0.15, 0.2) is 0 Å². The summed E-state index contributed by atoms with van der Waals surface area (Å²) in [5.41, 5.74) is -2.46. The Balaban J connectivity index is 2.05. The average molecular weight is 448 g/mol. The van der Waals surface area contributed by atoms with Gasteiger partial charge in [0.05, 0.1) is 17.7 Å². The van der Waals surface area contributed by atoms with Crippen molar-refractivity contribution in [2.75, 3.05) is 25.3 Å². The van der Waals surface area contributed by atoms with E-state index in [1.54, 1.807) is 0 Å². The number of hydrogen-bond acceptors (Lipinski definition) is 8. The molecule has 2 saturated heterocycles. The number of rotatable bonds is 7. The highest BCUT2D eigenvalue weighted by Gasteiger charge is 2.47. The molecule has 2 fully saturated rings. The van der Waals surface area contributed by atoms with Crippen LogP contribution in [0.5, 0.6) is 5.75 Å². The van der Waals surface area contributed by atoms with Crippen LogP contribution >= 0.6 is 0 Å². The monoisotopic (exact) mass is 448 g/mol. The smallest absolute Gasteiger partial charge is 0.326 e. The van der Waals surface area contributed by atoms with E-state index in [0.29, 0.717) is 0 Å². The number of nitrogens with zero attached hydrogens (tertiary/aromatic N) is 4. The molecule has 0 spiro atoms. The van der Waals surface area contributed by atoms with Crippen molar-refractivity contribution in [1.29, 1.82) is 0 Å². The first-order valence-electron chi connectivity index (χ1n) is 9.64. The minimum Gasteiger partial charge on any atom is -0.495 e. The number of benzene rings is 1. The number of methoxy groups -OCH3 is 1. The van der Waals surface area contributed by atoms with Crippen LogP contribution in [0.3, 0.4) is 0 Å². The molecular weight excluding hydrogens is 424 g/mol. The lowest BCUT2D eigenvalue weighted by Crippen LogP contribution is -2.49. The molecule has 13 heteroatoms. The van der Waals surface area contributed by atoms with Crippen LogP contribution in [0.15, 0.2) is 18.2 Å². The molecule has 0 aliphatic carbocycles. The van der Waals surface area contributed by atoms with E-state index < -0.39 is 39.9 Å². The van der Waals surface area contributed by atoms with Crippen LogP contribution in [0.2, 0.25) is 0 Å². The van der Waals surface area contributed by atoms with Gasteiger partial charge in [-0.3, -0.25) is 19.7 Å². The van der Waals surface area contributed by atoms with Crippen molar-refractivity contribution in [2.24, 2.45) is 0 Å². The van der Waals surface area contributed by atoms with E-state index in [1.807, 2.05) is 0 Å². The minimum atomic E-state index is -1.15. The van der Waals surface area contributed by atoms with E-state index in [1.165, 1.54) is 57.9 Å². The average Bonchev–Trinajstić information content (AvgIpc) is 3.02. The second kappa shape index (κ2) is 7.66. The predicted molar refractivity (Wildman–Crippen MR) is 111 cm³/mol. The Morgan fingerprint density at radius 1 is 0.969 bits per heavy atom. The Morgan fingerprint density at radius 3 is 1.78 bits per heavy atom. The van der Waals surface area contributed by atoms with Crippen molar-refractivity contribution in [3.8, 4) is 5.75 Å². The number of anilines is 1. The number of nitrogens with one attached hydrogen (secondary N) is 2. The quantitative estimate of drug-likeness (QED) is 0.355. The fourth-order valence-corrected chi connectivity index (χ4v) is 3.47. The number of hydrogen-bond donors (Lipinski definition) is 2. The van der Waals surface area contributed by atoms with E-state index in [9.17, 15) is 29.3 Å². The van der Waals surface area contributed by atoms with Crippen molar-refractivity contribution in [2.45, 2.75) is 38.8 Å². The molecule has 0 bridgehead atoms. The maximum atomic E-state index is 12.7. The Labute approximate surface area is 183 Å². The second-order valence-corrected chi connectivity index (χ2v) is 8.51. The SMILES string of the molecule is COc1ccc([N+](=O)[O-])cc1N(CN1C(=O)NC(C)(C)C1=O)CN1C(=O)NC(C)(C)C1=O. The first kappa shape index (κ1) is 22.8. The number of urea groups is 2. The van der Waals surface area contributed by atoms with E-state index in [2.05, 4.69) is 10.6 Å². The summed E-state index contributed by atoms with van der Waals surface area (Å²) >= 11 is 0. The number of carbonyl (C=O) groups is 4. The summed E-state index contributed by atoms with van der Waals surface area (Å²) in [7, 11) is 1.34. The third-order valence-electron chi connectivity index (χ3n) is 5.23. The molecule has 172 valence electrons. The van der Waals surface area contributed by atoms with Crippen molar-refractivity contribution in [3.05, 3.63) is 28.3 Å². The number of amides is 6. The van der Waals surface area contributed by atoms with Gasteiger partial charge < -0.3 is 20.3 Å². The highest BCUT2D eigenvalue weighted by molar-refractivity contribution is 6.07. The molecule has 0 radical (unpaired) electrons. The fraction of sp³-hybridized carbons (Fsp3) is 0.474. The third kappa shape index (κ3) is 3.88. The standard InChI is InChI=1S/C19H24N6O7/c1-18(2)14(26)23(16(28)20-18)9-22(10-24-15(27)19(3,4)21-17(24)29)12-8-11(25(30)31)6-7-13(12)32-5/h6-8H,9-10H2,1-5H3,(H,20,28)(H,21,29). The first-order chi connectivity index (χ1) is 14.8. The minimum absolute atomic E-state index is 0.123. The van der Waals surface area contributed by atoms with E-state index in [-0.39, 0.29) is 30.5 Å². The van der Waals surface area contributed by atoms with E-state index in [4.69, 9.17) is 4.74 Å². The molecule has 2 N–H and O–H groups in total. The fourth-order valence-electron chi connectivity index (χ4n) is 3.47. The van der Waals surface area contributed by atoms with Gasteiger partial charge in [0.25, 0.3) is 17.5 Å². The lowest BCUT2D eigenvalue weighted by molar-refractivity contribution is -0.384. The molecule has 32 heavy (non-hydrogen) atoms. The second-order valence-electron chi connectivity index (χ2n) is 8.51. The van der Waals surface area contributed by atoms with Gasteiger partial charge >= 0.3 is 12.1 Å². The van der Waals surface area contributed by atoms with Gasteiger partial charge in [0, 0.05) is 12.1 Å². The van der Waals surface area contributed by atoms with Gasteiger partial charge in [-0.25, -0.2) is 19.4 Å². The summed E-state index contributed by atoms with van der Waals surface area (Å²) < 4.78 is 5.31. The van der Waals surface area contributed by atoms with E-state index >= 15 is 0 Å². The zero-order chi connectivity index (χ0) is 24.0. The Bertz CT molecular complexity index is 973. The third-order valence-corrected chi connectivity index (χ3v) is 5.23. The van der Waals surface area contributed by atoms with Crippen LogP contribution in [0, 0.1) is 10.1 Å². The van der Waals surface area contributed by atoms with Gasteiger partial charge in [0.2, 0.25) is 0 Å². The van der Waals surface area contributed by atoms with Gasteiger partial charge in [0.1, 0.15) is 30.2 Å². The Morgan fingerprint density at radius 2 is 1.44 bits per heavy atom. The summed E-state index contributed by atoms with van der Waals surface area (Å²) in [6.45, 7) is 5.36. The molecule has 1 aromatic rings. The molecule has 1 aromatic carbocycles. The van der Waals surface area contributed by atoms with Crippen LogP contribution in [0.4, 0.5) is 21.0 Å². The molecule has 0 saturated carbocycles. The van der Waals surface area contributed by atoms with Crippen LogP contribution < -0.4 is 20.3 Å². The lowest BCUT2D eigenvalue weighted by atomic mass is 10.1. The highest BCUT2D eigenvalue weighted by atomic mass is 16.6. The van der Waals surface area contributed by atoms with Crippen molar-refractivity contribution in [3.63, 3.8) is 0 Å². The zero-order valence-corrected chi connectivity index (χ0v) is 18.3. The Hall–Kier alpha value is -3.90. The maximum absolute atomic E-state index is 12.7. The number of non-ortho nitro benzene ring substituents is 1. The molecule has 2 aliphatic rings. The summed E-state index contributed by atoms with van der Waals surface area (Å²) in [5.74, 6) is -0.878.